The smallest absolute Gasteiger partial charge is 0.343 e. The van der Waals surface area contributed by atoms with Crippen molar-refractivity contribution >= 4 is 16.0 Å². The molecule has 0 aliphatic carbocycles. The molecule has 6 nitrogen and oxygen atoms in total. The molecule has 1 aliphatic heterocycles. The van der Waals surface area contributed by atoms with E-state index in [0.29, 0.717) is 24.4 Å². The lowest BCUT2D eigenvalue weighted by molar-refractivity contribution is -0.0440. The second kappa shape index (κ2) is 8.03. The van der Waals surface area contributed by atoms with Crippen LogP contribution in [0.3, 0.4) is 0 Å². The summed E-state index contributed by atoms with van der Waals surface area (Å²) in [5.74, 6) is -0.0342. The molecule has 0 radical (unpaired) electrons. The number of hydrogen-bond donors (Lipinski definition) is 0. The van der Waals surface area contributed by atoms with Gasteiger partial charge in [0, 0.05) is 13.1 Å². The van der Waals surface area contributed by atoms with Crippen molar-refractivity contribution in [2.45, 2.75) is 44.8 Å². The average Bonchev–Trinajstić information content (AvgIpc) is 2.63. The standard InChI is InChI=1S/C21H25NO5S/c1-14-5-10-20(15(2)11-14)27-21(23)18-6-8-19(9-7-18)28(24,25)22-12-16(3)26-17(4)13-22/h5-11,16-17H,12-13H2,1-4H3/t16-,17+. The van der Waals surface area contributed by atoms with E-state index in [1.54, 1.807) is 6.07 Å². The van der Waals surface area contributed by atoms with Crippen LogP contribution in [0.15, 0.2) is 47.4 Å². The highest BCUT2D eigenvalue weighted by Gasteiger charge is 2.32. The van der Waals surface area contributed by atoms with Gasteiger partial charge in [-0.05, 0) is 63.6 Å². The quantitative estimate of drug-likeness (QED) is 0.578. The molecule has 28 heavy (non-hydrogen) atoms. The average molecular weight is 404 g/mol. The van der Waals surface area contributed by atoms with E-state index in [-0.39, 0.29) is 17.1 Å². The molecule has 2 aromatic carbocycles. The summed E-state index contributed by atoms with van der Waals surface area (Å²) >= 11 is 0. The molecule has 0 aromatic heterocycles. The molecular weight excluding hydrogens is 378 g/mol. The number of nitrogens with zero attached hydrogens (tertiary/aromatic N) is 1. The van der Waals surface area contributed by atoms with Crippen LogP contribution >= 0.6 is 0 Å². The van der Waals surface area contributed by atoms with Crippen molar-refractivity contribution in [1.82, 2.24) is 4.31 Å². The maximum atomic E-state index is 12.9. The van der Waals surface area contributed by atoms with Crippen molar-refractivity contribution in [3.63, 3.8) is 0 Å². The van der Waals surface area contributed by atoms with Gasteiger partial charge in [-0.2, -0.15) is 4.31 Å². The predicted octanol–water partition coefficient (Wildman–Crippen LogP) is 3.32. The molecular formula is C21H25NO5S. The van der Waals surface area contributed by atoms with Crippen LogP contribution in [0.5, 0.6) is 5.75 Å². The maximum absolute atomic E-state index is 12.9. The summed E-state index contributed by atoms with van der Waals surface area (Å²) in [6.07, 6.45) is -0.323. The Labute approximate surface area is 166 Å². The van der Waals surface area contributed by atoms with Gasteiger partial charge in [0.25, 0.3) is 0 Å². The van der Waals surface area contributed by atoms with Crippen LogP contribution in [0.4, 0.5) is 0 Å². The van der Waals surface area contributed by atoms with Crippen molar-refractivity contribution in [2.24, 2.45) is 0 Å². The number of hydrogen-bond acceptors (Lipinski definition) is 5. The first-order valence-electron chi connectivity index (χ1n) is 9.22. The largest absolute Gasteiger partial charge is 0.423 e. The van der Waals surface area contributed by atoms with Crippen LogP contribution in [0, 0.1) is 13.8 Å². The molecule has 0 spiro atoms. The zero-order valence-electron chi connectivity index (χ0n) is 16.5. The molecule has 1 saturated heterocycles. The topological polar surface area (TPSA) is 72.9 Å². The minimum absolute atomic E-state index is 0.150. The van der Waals surface area contributed by atoms with Gasteiger partial charge in [-0.3, -0.25) is 0 Å². The Morgan fingerprint density at radius 2 is 1.64 bits per heavy atom. The highest BCUT2D eigenvalue weighted by molar-refractivity contribution is 7.89. The normalized spacial score (nSPS) is 20.7. The summed E-state index contributed by atoms with van der Waals surface area (Å²) in [7, 11) is -3.64. The number of benzene rings is 2. The van der Waals surface area contributed by atoms with Gasteiger partial charge in [-0.15, -0.1) is 0 Å². The van der Waals surface area contributed by atoms with Gasteiger partial charge in [0.2, 0.25) is 10.0 Å². The Morgan fingerprint density at radius 3 is 2.21 bits per heavy atom. The SMILES string of the molecule is Cc1ccc(OC(=O)c2ccc(S(=O)(=O)N3C[C@@H](C)O[C@@H](C)C3)cc2)c(C)c1. The molecule has 1 aliphatic rings. The fourth-order valence-electron chi connectivity index (χ4n) is 3.31. The van der Waals surface area contributed by atoms with Crippen molar-refractivity contribution in [2.75, 3.05) is 13.1 Å². The van der Waals surface area contributed by atoms with Crippen LogP contribution in [0.1, 0.15) is 35.3 Å². The van der Waals surface area contributed by atoms with Gasteiger partial charge in [0.1, 0.15) is 5.75 Å². The van der Waals surface area contributed by atoms with Gasteiger partial charge in [-0.25, -0.2) is 13.2 Å². The third kappa shape index (κ3) is 4.43. The van der Waals surface area contributed by atoms with Crippen LogP contribution in [0.2, 0.25) is 0 Å². The predicted molar refractivity (Wildman–Crippen MR) is 106 cm³/mol. The minimum Gasteiger partial charge on any atom is -0.423 e. The molecule has 0 N–H and O–H groups in total. The minimum atomic E-state index is -3.64. The molecule has 1 heterocycles. The number of carbonyl (C=O) groups excluding carboxylic acids is 1. The summed E-state index contributed by atoms with van der Waals surface area (Å²) in [4.78, 5) is 12.6. The summed E-state index contributed by atoms with van der Waals surface area (Å²) < 4.78 is 38.2. The van der Waals surface area contributed by atoms with Crippen molar-refractivity contribution in [1.29, 1.82) is 0 Å². The third-order valence-corrected chi connectivity index (χ3v) is 6.49. The maximum Gasteiger partial charge on any atom is 0.343 e. The molecule has 2 atom stereocenters. The highest BCUT2D eigenvalue weighted by Crippen LogP contribution is 2.23. The van der Waals surface area contributed by atoms with E-state index in [1.165, 1.54) is 28.6 Å². The lowest BCUT2D eigenvalue weighted by Crippen LogP contribution is -2.48. The number of morpholine rings is 1. The first-order valence-corrected chi connectivity index (χ1v) is 10.7. The Bertz CT molecular complexity index is 959. The summed E-state index contributed by atoms with van der Waals surface area (Å²) in [6.45, 7) is 8.16. The molecule has 150 valence electrons. The van der Waals surface area contributed by atoms with Gasteiger partial charge >= 0.3 is 5.97 Å². The number of carbonyl (C=O) groups is 1. The van der Waals surface area contributed by atoms with Gasteiger partial charge < -0.3 is 9.47 Å². The van der Waals surface area contributed by atoms with E-state index in [1.807, 2.05) is 39.8 Å². The second-order valence-corrected chi connectivity index (χ2v) is 9.20. The Morgan fingerprint density at radius 1 is 1.04 bits per heavy atom. The van der Waals surface area contributed by atoms with Gasteiger partial charge in [0.05, 0.1) is 22.7 Å². The molecule has 0 amide bonds. The van der Waals surface area contributed by atoms with E-state index >= 15 is 0 Å². The van der Waals surface area contributed by atoms with Crippen molar-refractivity contribution in [3.05, 3.63) is 59.2 Å². The molecule has 2 aromatic rings. The zero-order chi connectivity index (χ0) is 20.5. The number of sulfonamides is 1. The van der Waals surface area contributed by atoms with Crippen LogP contribution < -0.4 is 4.74 Å². The Kier molecular flexibility index (Phi) is 5.88. The fraction of sp³-hybridized carbons (Fsp3) is 0.381. The Balaban J connectivity index is 1.76. The van der Waals surface area contributed by atoms with E-state index in [2.05, 4.69) is 0 Å². The number of rotatable bonds is 4. The lowest BCUT2D eigenvalue weighted by atomic mass is 10.1. The molecule has 0 saturated carbocycles. The summed E-state index contributed by atoms with van der Waals surface area (Å²) in [6, 6.07) is 11.4. The number of esters is 1. The van der Waals surface area contributed by atoms with Crippen molar-refractivity contribution in [3.8, 4) is 5.75 Å². The van der Waals surface area contributed by atoms with Crippen molar-refractivity contribution < 1.29 is 22.7 Å². The van der Waals surface area contributed by atoms with Gasteiger partial charge in [-0.1, -0.05) is 17.7 Å². The number of aryl methyl sites for hydroxylation is 2. The first kappa shape index (κ1) is 20.5. The zero-order valence-corrected chi connectivity index (χ0v) is 17.3. The molecule has 7 heteroatoms. The molecule has 0 bridgehead atoms. The number of ether oxygens (including phenoxy) is 2. The second-order valence-electron chi connectivity index (χ2n) is 7.26. The third-order valence-electron chi connectivity index (χ3n) is 4.65. The van der Waals surface area contributed by atoms with Gasteiger partial charge in [0.15, 0.2) is 0 Å². The van der Waals surface area contributed by atoms with Crippen LogP contribution in [0.25, 0.3) is 0 Å². The molecule has 1 fully saturated rings. The van der Waals surface area contributed by atoms with E-state index < -0.39 is 16.0 Å². The first-order chi connectivity index (χ1) is 13.2. The summed E-state index contributed by atoms with van der Waals surface area (Å²) in [5, 5.41) is 0. The Hall–Kier alpha value is -2.22. The van der Waals surface area contributed by atoms with E-state index in [4.69, 9.17) is 9.47 Å². The highest BCUT2D eigenvalue weighted by atomic mass is 32.2. The van der Waals surface area contributed by atoms with E-state index in [9.17, 15) is 13.2 Å². The monoisotopic (exact) mass is 403 g/mol. The summed E-state index contributed by atoms with van der Waals surface area (Å²) in [5.41, 5.74) is 2.24. The van der Waals surface area contributed by atoms with Crippen LogP contribution in [-0.4, -0.2) is 44.0 Å². The fourth-order valence-corrected chi connectivity index (χ4v) is 4.90. The molecule has 3 rings (SSSR count). The van der Waals surface area contributed by atoms with Crippen LogP contribution in [-0.2, 0) is 14.8 Å². The lowest BCUT2D eigenvalue weighted by Gasteiger charge is -2.34. The van der Waals surface area contributed by atoms with E-state index in [0.717, 1.165) is 11.1 Å². The molecule has 0 unspecified atom stereocenters.